The van der Waals surface area contributed by atoms with Gasteiger partial charge in [0, 0.05) is 16.9 Å². The number of rotatable bonds is 1. The molecule has 76 valence electrons. The maximum Gasteiger partial charge on any atom is 0.140 e. The number of nitrogens with two attached hydrogens (primary N) is 1. The summed E-state index contributed by atoms with van der Waals surface area (Å²) in [5, 5.41) is 0. The van der Waals surface area contributed by atoms with E-state index < -0.39 is 0 Å². The van der Waals surface area contributed by atoms with E-state index in [0.717, 1.165) is 12.1 Å². The maximum atomic E-state index is 5.94. The molecule has 0 amide bonds. The summed E-state index contributed by atoms with van der Waals surface area (Å²) in [5.74, 6) is 0. The fraction of sp³-hybridized carbons (Fsp3) is 0.778. The first kappa shape index (κ1) is 11.7. The summed E-state index contributed by atoms with van der Waals surface area (Å²) in [6.07, 6.45) is 3.14. The molecule has 0 aromatic rings. The molecule has 0 spiro atoms. The molecule has 1 atom stereocenters. The van der Waals surface area contributed by atoms with Gasteiger partial charge in [0.1, 0.15) is 2.88 Å². The summed E-state index contributed by atoms with van der Waals surface area (Å²) in [7, 11) is 4.18. The zero-order valence-electron chi connectivity index (χ0n) is 8.60. The van der Waals surface area contributed by atoms with Crippen LogP contribution in [0.2, 0.25) is 0 Å². The van der Waals surface area contributed by atoms with Crippen LogP contribution < -0.4 is 5.73 Å². The largest absolute Gasteiger partial charge is 0.402 e. The molecule has 0 aromatic heterocycles. The third kappa shape index (κ3) is 2.76. The zero-order chi connectivity index (χ0) is 10.3. The second-order valence-corrected chi connectivity index (χ2v) is 8.57. The molecule has 13 heavy (non-hydrogen) atoms. The highest BCUT2D eigenvalue weighted by atomic mass is 127. The van der Waals surface area contributed by atoms with Crippen molar-refractivity contribution in [3.63, 3.8) is 0 Å². The highest BCUT2D eigenvalue weighted by Crippen LogP contribution is 2.49. The Labute approximate surface area is 98.4 Å². The molecular weight excluding hydrogens is 295 g/mol. The second kappa shape index (κ2) is 3.62. The quantitative estimate of drug-likeness (QED) is 0.458. The lowest BCUT2D eigenvalue weighted by Crippen LogP contribution is -2.41. The monoisotopic (exact) mass is 312 g/mol. The molecule has 1 aliphatic rings. The van der Waals surface area contributed by atoms with Gasteiger partial charge in [-0.05, 0) is 42.8 Å². The van der Waals surface area contributed by atoms with Crippen LogP contribution in [-0.2, 0) is 0 Å². The molecule has 0 radical (unpaired) electrons. The second-order valence-electron chi connectivity index (χ2n) is 4.26. The van der Waals surface area contributed by atoms with Gasteiger partial charge in [0.15, 0.2) is 0 Å². The molecule has 0 saturated heterocycles. The number of alkyl halides is 1. The van der Waals surface area contributed by atoms with Crippen molar-refractivity contribution in [3.05, 3.63) is 11.8 Å². The molecule has 2 nitrogen and oxygen atoms in total. The van der Waals surface area contributed by atoms with Gasteiger partial charge >= 0.3 is 0 Å². The Balaban J connectivity index is 2.96. The van der Waals surface area contributed by atoms with Crippen molar-refractivity contribution in [1.29, 1.82) is 0 Å². The average molecular weight is 312 g/mol. The van der Waals surface area contributed by atoms with Crippen LogP contribution in [0.25, 0.3) is 0 Å². The van der Waals surface area contributed by atoms with Crippen LogP contribution in [0.4, 0.5) is 0 Å². The van der Waals surface area contributed by atoms with Crippen molar-refractivity contribution in [2.24, 2.45) is 5.73 Å². The van der Waals surface area contributed by atoms with Crippen molar-refractivity contribution >= 4 is 34.4 Å². The average Bonchev–Trinajstić information content (AvgIpc) is 1.79. The molecule has 2 N–H and O–H groups in total. The fourth-order valence-corrected chi connectivity index (χ4v) is 5.04. The van der Waals surface area contributed by atoms with Crippen LogP contribution >= 0.6 is 34.4 Å². The van der Waals surface area contributed by atoms with E-state index in [9.17, 15) is 0 Å². The van der Waals surface area contributed by atoms with Crippen LogP contribution in [0.5, 0.6) is 0 Å². The molecule has 1 heterocycles. The Hall–Kier alpha value is 0.580. The van der Waals surface area contributed by atoms with E-state index in [1.54, 1.807) is 0 Å². The molecule has 0 bridgehead atoms. The smallest absolute Gasteiger partial charge is 0.140 e. The SMILES string of the molecule is CN(C)C1(I)C=C(N)CC(C)(C)S1. The van der Waals surface area contributed by atoms with Gasteiger partial charge in [-0.2, -0.15) is 0 Å². The number of likely N-dealkylation sites (N-methyl/N-ethyl adjacent to an activating group) is 1. The Morgan fingerprint density at radius 2 is 2.08 bits per heavy atom. The maximum absolute atomic E-state index is 5.94. The fourth-order valence-electron chi connectivity index (χ4n) is 1.44. The molecule has 0 aliphatic carbocycles. The summed E-state index contributed by atoms with van der Waals surface area (Å²) in [6, 6.07) is 0. The van der Waals surface area contributed by atoms with E-state index in [1.807, 2.05) is 11.8 Å². The van der Waals surface area contributed by atoms with E-state index >= 15 is 0 Å². The summed E-state index contributed by atoms with van der Waals surface area (Å²) in [4.78, 5) is 2.20. The van der Waals surface area contributed by atoms with Crippen molar-refractivity contribution in [2.45, 2.75) is 27.9 Å². The number of nitrogens with zero attached hydrogens (tertiary/aromatic N) is 1. The molecule has 1 aliphatic heterocycles. The first-order chi connectivity index (χ1) is 5.75. The van der Waals surface area contributed by atoms with Crippen LogP contribution in [-0.4, -0.2) is 26.6 Å². The van der Waals surface area contributed by atoms with Gasteiger partial charge < -0.3 is 5.73 Å². The van der Waals surface area contributed by atoms with Gasteiger partial charge in [-0.15, -0.1) is 11.8 Å². The standard InChI is InChI=1S/C9H17IN2S/c1-8(2)5-7(11)6-9(10,13-8)12(3)4/h6H,5,11H2,1-4H3. The van der Waals surface area contributed by atoms with E-state index in [0.29, 0.717) is 0 Å². The van der Waals surface area contributed by atoms with Gasteiger partial charge in [-0.25, -0.2) is 0 Å². The van der Waals surface area contributed by atoms with Crippen molar-refractivity contribution in [3.8, 4) is 0 Å². The Bertz CT molecular complexity index is 238. The predicted molar refractivity (Wildman–Crippen MR) is 69.0 cm³/mol. The summed E-state index contributed by atoms with van der Waals surface area (Å²) >= 11 is 4.41. The van der Waals surface area contributed by atoms with Crippen LogP contribution in [0.15, 0.2) is 11.8 Å². The number of halogens is 1. The van der Waals surface area contributed by atoms with Crippen molar-refractivity contribution < 1.29 is 0 Å². The normalized spacial score (nSPS) is 33.2. The number of hydrogen-bond donors (Lipinski definition) is 1. The van der Waals surface area contributed by atoms with Crippen LogP contribution in [0, 0.1) is 0 Å². The highest BCUT2D eigenvalue weighted by Gasteiger charge is 2.39. The molecule has 0 fully saturated rings. The van der Waals surface area contributed by atoms with Gasteiger partial charge in [0.05, 0.1) is 0 Å². The Morgan fingerprint density at radius 1 is 1.54 bits per heavy atom. The summed E-state index contributed by atoms with van der Waals surface area (Å²) in [5.41, 5.74) is 6.95. The van der Waals surface area contributed by atoms with E-state index in [4.69, 9.17) is 5.73 Å². The zero-order valence-corrected chi connectivity index (χ0v) is 11.6. The lowest BCUT2D eigenvalue weighted by Gasteiger charge is -2.42. The van der Waals surface area contributed by atoms with Crippen LogP contribution in [0.3, 0.4) is 0 Å². The predicted octanol–water partition coefficient (Wildman–Crippen LogP) is 2.39. The molecular formula is C9H17IN2S. The van der Waals surface area contributed by atoms with E-state index in [2.05, 4.69) is 61.5 Å². The Kier molecular flexibility index (Phi) is 3.25. The first-order valence-corrected chi connectivity index (χ1v) is 6.18. The Morgan fingerprint density at radius 3 is 2.46 bits per heavy atom. The number of allylic oxidation sites excluding steroid dienone is 1. The first-order valence-electron chi connectivity index (χ1n) is 4.29. The van der Waals surface area contributed by atoms with Crippen molar-refractivity contribution in [1.82, 2.24) is 4.90 Å². The number of hydrogen-bond acceptors (Lipinski definition) is 3. The van der Waals surface area contributed by atoms with Crippen LogP contribution in [0.1, 0.15) is 20.3 Å². The third-order valence-corrected chi connectivity index (χ3v) is 5.43. The molecule has 0 aromatic carbocycles. The van der Waals surface area contributed by atoms with Gasteiger partial charge in [-0.1, -0.05) is 13.8 Å². The van der Waals surface area contributed by atoms with E-state index in [1.165, 1.54) is 0 Å². The van der Waals surface area contributed by atoms with Gasteiger partial charge in [0.25, 0.3) is 0 Å². The molecule has 1 unspecified atom stereocenters. The third-order valence-electron chi connectivity index (χ3n) is 2.02. The van der Waals surface area contributed by atoms with Gasteiger partial charge in [0.2, 0.25) is 0 Å². The molecule has 1 rings (SSSR count). The topological polar surface area (TPSA) is 29.3 Å². The van der Waals surface area contributed by atoms with E-state index in [-0.39, 0.29) is 7.62 Å². The highest BCUT2D eigenvalue weighted by molar-refractivity contribution is 14.1. The molecule has 0 saturated carbocycles. The van der Waals surface area contributed by atoms with Crippen molar-refractivity contribution in [2.75, 3.05) is 14.1 Å². The lowest BCUT2D eigenvalue weighted by atomic mass is 10.1. The minimum Gasteiger partial charge on any atom is -0.402 e. The minimum absolute atomic E-state index is 0.0175. The lowest BCUT2D eigenvalue weighted by molar-refractivity contribution is 0.404. The minimum atomic E-state index is 0.0175. The number of thioether (sulfide) groups is 1. The van der Waals surface area contributed by atoms with Gasteiger partial charge in [-0.3, -0.25) is 4.90 Å². The summed E-state index contributed by atoms with van der Waals surface area (Å²) in [6.45, 7) is 4.49. The molecule has 4 heteroatoms. The summed E-state index contributed by atoms with van der Waals surface area (Å²) < 4.78 is 0.258.